The third-order valence-electron chi connectivity index (χ3n) is 5.31. The molecule has 0 aromatic rings. The predicted octanol–water partition coefficient (Wildman–Crippen LogP) is 3.86. The standard InChI is InChI=1S/C13H22/c1-9-3-4-10-6-12-11(5-9)8-13(12,2)7-10/h9-12H,3-8H2,1-2H3. The molecule has 13 heavy (non-hydrogen) atoms. The largest absolute Gasteiger partial charge is 0.0625 e. The number of hydrogen-bond acceptors (Lipinski definition) is 0. The second kappa shape index (κ2) is 2.52. The van der Waals surface area contributed by atoms with Gasteiger partial charge in [0.2, 0.25) is 0 Å². The van der Waals surface area contributed by atoms with E-state index in [4.69, 9.17) is 0 Å². The molecule has 2 bridgehead atoms. The van der Waals surface area contributed by atoms with E-state index in [0.717, 1.165) is 29.1 Å². The molecule has 0 heteroatoms. The average molecular weight is 178 g/mol. The highest BCUT2D eigenvalue weighted by Gasteiger charge is 2.56. The van der Waals surface area contributed by atoms with Crippen LogP contribution in [0.2, 0.25) is 0 Å². The predicted molar refractivity (Wildman–Crippen MR) is 55.4 cm³/mol. The first-order valence-electron chi connectivity index (χ1n) is 6.17. The highest BCUT2D eigenvalue weighted by atomic mass is 14.6. The molecule has 3 aliphatic rings. The molecule has 0 aliphatic heterocycles. The fraction of sp³-hybridized carbons (Fsp3) is 1.00. The molecule has 5 unspecified atom stereocenters. The molecule has 0 heterocycles. The van der Waals surface area contributed by atoms with Gasteiger partial charge in [-0.15, -0.1) is 0 Å². The Kier molecular flexibility index (Phi) is 1.61. The van der Waals surface area contributed by atoms with Crippen LogP contribution in [0.4, 0.5) is 0 Å². The van der Waals surface area contributed by atoms with Gasteiger partial charge in [-0.25, -0.2) is 0 Å². The Balaban J connectivity index is 1.83. The number of rotatable bonds is 0. The maximum absolute atomic E-state index is 2.56. The Morgan fingerprint density at radius 1 is 1.08 bits per heavy atom. The number of hydrogen-bond donors (Lipinski definition) is 0. The molecule has 0 spiro atoms. The zero-order valence-corrected chi connectivity index (χ0v) is 9.05. The van der Waals surface area contributed by atoms with E-state index in [9.17, 15) is 0 Å². The van der Waals surface area contributed by atoms with Crippen LogP contribution in [-0.4, -0.2) is 0 Å². The minimum atomic E-state index is 0.805. The van der Waals surface area contributed by atoms with E-state index in [1.165, 1.54) is 6.42 Å². The summed E-state index contributed by atoms with van der Waals surface area (Å²) in [5, 5.41) is 0. The van der Waals surface area contributed by atoms with E-state index in [0.29, 0.717) is 0 Å². The summed E-state index contributed by atoms with van der Waals surface area (Å²) in [6.45, 7) is 5.03. The van der Waals surface area contributed by atoms with E-state index < -0.39 is 0 Å². The topological polar surface area (TPSA) is 0 Å². The van der Waals surface area contributed by atoms with Crippen molar-refractivity contribution < 1.29 is 0 Å². The molecule has 3 aliphatic carbocycles. The van der Waals surface area contributed by atoms with Crippen LogP contribution in [0.3, 0.4) is 0 Å². The average Bonchev–Trinajstić information content (AvgIpc) is 2.35. The Morgan fingerprint density at radius 3 is 2.77 bits per heavy atom. The van der Waals surface area contributed by atoms with Gasteiger partial charge >= 0.3 is 0 Å². The summed E-state index contributed by atoms with van der Waals surface area (Å²) in [5.41, 5.74) is 0.805. The molecule has 0 radical (unpaired) electrons. The summed E-state index contributed by atoms with van der Waals surface area (Å²) in [6.07, 6.45) is 9.34. The maximum Gasteiger partial charge on any atom is -0.0289 e. The first kappa shape index (κ1) is 8.32. The highest BCUT2D eigenvalue weighted by molar-refractivity contribution is 5.06. The quantitative estimate of drug-likeness (QED) is 0.528. The Hall–Kier alpha value is 0. The van der Waals surface area contributed by atoms with Gasteiger partial charge in [-0.1, -0.05) is 26.7 Å². The lowest BCUT2D eigenvalue weighted by Gasteiger charge is -2.50. The van der Waals surface area contributed by atoms with Crippen LogP contribution in [0.25, 0.3) is 0 Å². The molecule has 3 saturated carbocycles. The van der Waals surface area contributed by atoms with Crippen LogP contribution < -0.4 is 0 Å². The van der Waals surface area contributed by atoms with Crippen LogP contribution >= 0.6 is 0 Å². The molecule has 0 aromatic heterocycles. The molecule has 3 rings (SSSR count). The maximum atomic E-state index is 2.56. The van der Waals surface area contributed by atoms with Gasteiger partial charge < -0.3 is 0 Å². The van der Waals surface area contributed by atoms with Crippen molar-refractivity contribution in [3.63, 3.8) is 0 Å². The minimum Gasteiger partial charge on any atom is -0.0625 e. The molecule has 0 nitrogen and oxygen atoms in total. The molecule has 0 N–H and O–H groups in total. The highest BCUT2D eigenvalue weighted by Crippen LogP contribution is 2.65. The second-order valence-electron chi connectivity index (χ2n) is 6.45. The van der Waals surface area contributed by atoms with E-state index in [1.54, 1.807) is 32.1 Å². The summed E-state index contributed by atoms with van der Waals surface area (Å²) in [5.74, 6) is 4.41. The van der Waals surface area contributed by atoms with Gasteiger partial charge in [-0.3, -0.25) is 0 Å². The van der Waals surface area contributed by atoms with Crippen LogP contribution in [0, 0.1) is 29.1 Å². The van der Waals surface area contributed by atoms with Crippen molar-refractivity contribution >= 4 is 0 Å². The fourth-order valence-electron chi connectivity index (χ4n) is 4.74. The smallest absolute Gasteiger partial charge is 0.0289 e. The van der Waals surface area contributed by atoms with Crippen molar-refractivity contribution in [2.45, 2.75) is 52.4 Å². The van der Waals surface area contributed by atoms with Crippen molar-refractivity contribution in [1.82, 2.24) is 0 Å². The third kappa shape index (κ3) is 1.10. The van der Waals surface area contributed by atoms with E-state index >= 15 is 0 Å². The van der Waals surface area contributed by atoms with E-state index in [-0.39, 0.29) is 0 Å². The number of fused-ring (bicyclic) bond motifs is 1. The third-order valence-corrected chi connectivity index (χ3v) is 5.31. The molecule has 5 atom stereocenters. The van der Waals surface area contributed by atoms with Gasteiger partial charge in [0.1, 0.15) is 0 Å². The van der Waals surface area contributed by atoms with Crippen molar-refractivity contribution in [3.8, 4) is 0 Å². The molecular formula is C13H22. The van der Waals surface area contributed by atoms with Crippen LogP contribution in [0.1, 0.15) is 52.4 Å². The summed E-state index contributed by atoms with van der Waals surface area (Å²) in [6, 6.07) is 0. The van der Waals surface area contributed by atoms with Crippen molar-refractivity contribution in [3.05, 3.63) is 0 Å². The lowest BCUT2D eigenvalue weighted by atomic mass is 9.54. The molecule has 0 aromatic carbocycles. The Labute approximate surface area is 82.1 Å². The summed E-state index contributed by atoms with van der Waals surface area (Å²) in [7, 11) is 0. The summed E-state index contributed by atoms with van der Waals surface area (Å²) >= 11 is 0. The van der Waals surface area contributed by atoms with Gasteiger partial charge in [0.15, 0.2) is 0 Å². The molecule has 0 amide bonds. The zero-order valence-electron chi connectivity index (χ0n) is 9.05. The summed E-state index contributed by atoms with van der Waals surface area (Å²) in [4.78, 5) is 0. The van der Waals surface area contributed by atoms with Gasteiger partial charge in [-0.05, 0) is 54.8 Å². The zero-order chi connectivity index (χ0) is 9.05. The summed E-state index contributed by atoms with van der Waals surface area (Å²) < 4.78 is 0. The molecule has 0 saturated heterocycles. The van der Waals surface area contributed by atoms with Crippen molar-refractivity contribution in [1.29, 1.82) is 0 Å². The van der Waals surface area contributed by atoms with Crippen LogP contribution in [0.15, 0.2) is 0 Å². The monoisotopic (exact) mass is 178 g/mol. The van der Waals surface area contributed by atoms with E-state index in [1.807, 2.05) is 0 Å². The minimum absolute atomic E-state index is 0.805. The van der Waals surface area contributed by atoms with Gasteiger partial charge in [0.25, 0.3) is 0 Å². The van der Waals surface area contributed by atoms with Gasteiger partial charge in [0.05, 0.1) is 0 Å². The van der Waals surface area contributed by atoms with Crippen molar-refractivity contribution in [2.75, 3.05) is 0 Å². The van der Waals surface area contributed by atoms with Gasteiger partial charge in [0, 0.05) is 0 Å². The normalized spacial score (nSPS) is 59.5. The fourth-order valence-corrected chi connectivity index (χ4v) is 4.74. The van der Waals surface area contributed by atoms with Gasteiger partial charge in [-0.2, -0.15) is 0 Å². The first-order valence-corrected chi connectivity index (χ1v) is 6.17. The SMILES string of the molecule is CC1CCC2CC3C(C1)CC3(C)C2. The first-order chi connectivity index (χ1) is 6.17. The van der Waals surface area contributed by atoms with Crippen LogP contribution in [0.5, 0.6) is 0 Å². The molecular weight excluding hydrogens is 156 g/mol. The van der Waals surface area contributed by atoms with Crippen LogP contribution in [-0.2, 0) is 0 Å². The lowest BCUT2D eigenvalue weighted by molar-refractivity contribution is -0.0107. The second-order valence-corrected chi connectivity index (χ2v) is 6.45. The molecule has 3 fully saturated rings. The Morgan fingerprint density at radius 2 is 1.92 bits per heavy atom. The lowest BCUT2D eigenvalue weighted by Crippen LogP contribution is -2.42. The van der Waals surface area contributed by atoms with Crippen molar-refractivity contribution in [2.24, 2.45) is 29.1 Å². The molecule has 74 valence electrons. The van der Waals surface area contributed by atoms with E-state index in [2.05, 4.69) is 13.8 Å². The Bertz CT molecular complexity index is 218.